The van der Waals surface area contributed by atoms with Crippen molar-refractivity contribution < 1.29 is 0 Å². The van der Waals surface area contributed by atoms with E-state index in [1.807, 2.05) is 27.7 Å². The van der Waals surface area contributed by atoms with Crippen LogP contribution < -0.4 is 0 Å². The Bertz CT molecular complexity index is 614. The van der Waals surface area contributed by atoms with Crippen molar-refractivity contribution in [3.05, 3.63) is 47.6 Å². The van der Waals surface area contributed by atoms with Gasteiger partial charge < -0.3 is 0 Å². The fourth-order valence-corrected chi connectivity index (χ4v) is 5.81. The van der Waals surface area contributed by atoms with Gasteiger partial charge in [0, 0.05) is 0 Å². The fraction of sp³-hybridized carbons (Fsp3) is 0.742. The first kappa shape index (κ1) is 28.0. The van der Waals surface area contributed by atoms with Crippen LogP contribution in [0.25, 0.3) is 0 Å². The molecule has 0 radical (unpaired) electrons. The van der Waals surface area contributed by atoms with Crippen molar-refractivity contribution in [3.63, 3.8) is 0 Å². The van der Waals surface area contributed by atoms with Crippen LogP contribution >= 0.6 is 0 Å². The molecule has 0 heteroatoms. The number of hydrogen-bond donors (Lipinski definition) is 0. The van der Waals surface area contributed by atoms with Gasteiger partial charge in [-0.05, 0) is 98.9 Å². The van der Waals surface area contributed by atoms with Gasteiger partial charge in [-0.1, -0.05) is 97.4 Å². The van der Waals surface area contributed by atoms with Crippen LogP contribution in [0, 0.1) is 29.1 Å². The normalized spacial score (nSPS) is 31.8. The summed E-state index contributed by atoms with van der Waals surface area (Å²) in [6, 6.07) is 0. The second-order valence-electron chi connectivity index (χ2n) is 10.2. The average Bonchev–Trinajstić information content (AvgIpc) is 3.12. The van der Waals surface area contributed by atoms with Gasteiger partial charge in [-0.25, -0.2) is 0 Å². The van der Waals surface area contributed by atoms with Gasteiger partial charge in [0.25, 0.3) is 0 Å². The highest BCUT2D eigenvalue weighted by Gasteiger charge is 2.48. The fourth-order valence-electron chi connectivity index (χ4n) is 5.81. The van der Waals surface area contributed by atoms with E-state index < -0.39 is 0 Å². The molecule has 3 fully saturated rings. The van der Waals surface area contributed by atoms with Crippen LogP contribution in [0.2, 0.25) is 0 Å². The molecule has 0 aromatic carbocycles. The highest BCUT2D eigenvalue weighted by Crippen LogP contribution is 2.58. The van der Waals surface area contributed by atoms with Crippen LogP contribution in [0.4, 0.5) is 0 Å². The quantitative estimate of drug-likeness (QED) is 0.383. The molecule has 0 bridgehead atoms. The van der Waals surface area contributed by atoms with Crippen molar-refractivity contribution in [3.8, 4) is 0 Å². The molecule has 3 unspecified atom stereocenters. The highest BCUT2D eigenvalue weighted by atomic mass is 14.5. The lowest BCUT2D eigenvalue weighted by molar-refractivity contribution is 0.137. The molecule has 0 aliphatic heterocycles. The van der Waals surface area contributed by atoms with Crippen LogP contribution in [0.3, 0.4) is 0 Å². The van der Waals surface area contributed by atoms with Crippen molar-refractivity contribution in [2.45, 2.75) is 120 Å². The summed E-state index contributed by atoms with van der Waals surface area (Å²) >= 11 is 0. The smallest absolute Gasteiger partial charge is 0.0143 e. The lowest BCUT2D eigenvalue weighted by Gasteiger charge is -2.42. The molecule has 0 aromatic heterocycles. The standard InChI is InChI=1S/C27H42.2C2H6/c1-20(2)21(3)11-8-14-25-17-18-26-24(13-9-19-27(25,26)5)16-15-23-12-7-6-10-22(23)4;2*1-2/h8,11,15-16,20-21,25-26H,4,6-7,9-10,12-14,17-19H2,1-3,5H3;2*1-2H3/b11-8+,23-15+,24-16+;;/t21?,25?,26?,27-;;/m1../s1. The van der Waals surface area contributed by atoms with E-state index in [-0.39, 0.29) is 0 Å². The third-order valence-corrected chi connectivity index (χ3v) is 8.20. The van der Waals surface area contributed by atoms with Crippen LogP contribution in [-0.2, 0) is 0 Å². The molecule has 0 N–H and O–H groups in total. The SMILES string of the molecule is C=C1CCCC/C1=C\C=C1/CCC[C@]2(C)C(C/C=C/C(C)C(C)C)CCC12.CC.CC. The molecule has 0 amide bonds. The Balaban J connectivity index is 0.00000113. The predicted molar refractivity (Wildman–Crippen MR) is 142 cm³/mol. The Morgan fingerprint density at radius 1 is 0.935 bits per heavy atom. The molecule has 3 aliphatic carbocycles. The van der Waals surface area contributed by atoms with Crippen LogP contribution in [0.1, 0.15) is 120 Å². The zero-order valence-electron chi connectivity index (χ0n) is 22.4. The number of hydrogen-bond acceptors (Lipinski definition) is 0. The van der Waals surface area contributed by atoms with Gasteiger partial charge in [-0.3, -0.25) is 0 Å². The second kappa shape index (κ2) is 14.2. The van der Waals surface area contributed by atoms with Gasteiger partial charge in [-0.15, -0.1) is 0 Å². The first-order valence-electron chi connectivity index (χ1n) is 13.7. The lowest BCUT2D eigenvalue weighted by Crippen LogP contribution is -2.33. The Labute approximate surface area is 196 Å². The van der Waals surface area contributed by atoms with E-state index in [4.69, 9.17) is 0 Å². The van der Waals surface area contributed by atoms with Crippen molar-refractivity contribution in [2.24, 2.45) is 29.1 Å². The molecule has 178 valence electrons. The van der Waals surface area contributed by atoms with E-state index in [2.05, 4.69) is 58.6 Å². The second-order valence-corrected chi connectivity index (χ2v) is 10.2. The molecule has 0 aromatic rings. The predicted octanol–water partition coefficient (Wildman–Crippen LogP) is 10.5. The molecule has 31 heavy (non-hydrogen) atoms. The van der Waals surface area contributed by atoms with E-state index in [9.17, 15) is 0 Å². The summed E-state index contributed by atoms with van der Waals surface area (Å²) in [6.45, 7) is 21.9. The van der Waals surface area contributed by atoms with E-state index in [1.54, 1.807) is 5.57 Å². The van der Waals surface area contributed by atoms with Gasteiger partial charge in [0.2, 0.25) is 0 Å². The number of fused-ring (bicyclic) bond motifs is 1. The largest absolute Gasteiger partial charge is 0.0956 e. The average molecular weight is 427 g/mol. The maximum absolute atomic E-state index is 4.31. The van der Waals surface area contributed by atoms with Gasteiger partial charge in [0.15, 0.2) is 0 Å². The van der Waals surface area contributed by atoms with Crippen molar-refractivity contribution in [1.82, 2.24) is 0 Å². The minimum atomic E-state index is 0.525. The summed E-state index contributed by atoms with van der Waals surface area (Å²) in [4.78, 5) is 0. The third kappa shape index (κ3) is 7.50. The Hall–Kier alpha value is -1.04. The Morgan fingerprint density at radius 3 is 2.26 bits per heavy atom. The molecule has 0 nitrogen and oxygen atoms in total. The molecule has 3 rings (SSSR count). The molecule has 3 saturated carbocycles. The van der Waals surface area contributed by atoms with Gasteiger partial charge >= 0.3 is 0 Å². The molecule has 4 atom stereocenters. The molecule has 0 saturated heterocycles. The third-order valence-electron chi connectivity index (χ3n) is 8.20. The van der Waals surface area contributed by atoms with E-state index in [0.29, 0.717) is 11.3 Å². The van der Waals surface area contributed by atoms with E-state index in [0.717, 1.165) is 17.8 Å². The van der Waals surface area contributed by atoms with Crippen molar-refractivity contribution >= 4 is 0 Å². The first-order chi connectivity index (χ1) is 14.9. The van der Waals surface area contributed by atoms with Gasteiger partial charge in [-0.2, -0.15) is 0 Å². The number of rotatable bonds is 5. The Morgan fingerprint density at radius 2 is 1.61 bits per heavy atom. The Kier molecular flexibility index (Phi) is 12.8. The van der Waals surface area contributed by atoms with Crippen LogP contribution in [-0.4, -0.2) is 0 Å². The number of allylic oxidation sites excluding steroid dienone is 7. The zero-order chi connectivity index (χ0) is 23.4. The molecule has 3 aliphatic rings. The minimum absolute atomic E-state index is 0.525. The van der Waals surface area contributed by atoms with Crippen LogP contribution in [0.15, 0.2) is 47.6 Å². The summed E-state index contributed by atoms with van der Waals surface area (Å²) < 4.78 is 0. The van der Waals surface area contributed by atoms with E-state index >= 15 is 0 Å². The summed E-state index contributed by atoms with van der Waals surface area (Å²) in [7, 11) is 0. The minimum Gasteiger partial charge on any atom is -0.0956 e. The summed E-state index contributed by atoms with van der Waals surface area (Å²) in [6.07, 6.45) is 23.3. The molecular weight excluding hydrogens is 372 g/mol. The topological polar surface area (TPSA) is 0 Å². The van der Waals surface area contributed by atoms with E-state index in [1.165, 1.54) is 75.4 Å². The van der Waals surface area contributed by atoms with Crippen LogP contribution in [0.5, 0.6) is 0 Å². The lowest BCUT2D eigenvalue weighted by atomic mass is 9.63. The summed E-state index contributed by atoms with van der Waals surface area (Å²) in [5.41, 5.74) is 5.20. The monoisotopic (exact) mass is 426 g/mol. The summed E-state index contributed by atoms with van der Waals surface area (Å²) in [5, 5.41) is 0. The van der Waals surface area contributed by atoms with Crippen molar-refractivity contribution in [2.75, 3.05) is 0 Å². The van der Waals surface area contributed by atoms with Crippen molar-refractivity contribution in [1.29, 1.82) is 0 Å². The molecular formula is C31H54. The molecule has 0 heterocycles. The molecule has 0 spiro atoms. The first-order valence-corrected chi connectivity index (χ1v) is 13.7. The summed E-state index contributed by atoms with van der Waals surface area (Å²) in [5.74, 6) is 3.15. The maximum Gasteiger partial charge on any atom is -0.0143 e. The van der Waals surface area contributed by atoms with Gasteiger partial charge in [0.05, 0.1) is 0 Å². The zero-order valence-corrected chi connectivity index (χ0v) is 22.4. The van der Waals surface area contributed by atoms with Gasteiger partial charge in [0.1, 0.15) is 0 Å². The highest BCUT2D eigenvalue weighted by molar-refractivity contribution is 5.35. The maximum atomic E-state index is 4.31.